The number of pyridine rings is 3. The third-order valence-electron chi connectivity index (χ3n) is 7.95. The molecule has 0 radical (unpaired) electrons. The van der Waals surface area contributed by atoms with Crippen LogP contribution in [-0.2, 0) is 0 Å². The maximum atomic E-state index is 5.19. The first-order valence-electron chi connectivity index (χ1n) is 14.1. The first-order chi connectivity index (χ1) is 20.8. The fourth-order valence-electron chi connectivity index (χ4n) is 5.89. The molecule has 3 nitrogen and oxygen atoms in total. The van der Waals surface area contributed by atoms with E-state index >= 15 is 0 Å². The normalized spacial score (nSPS) is 11.3. The molecule has 0 aliphatic carbocycles. The van der Waals surface area contributed by atoms with E-state index in [-0.39, 0.29) is 0 Å². The molecular weight excluding hydrogens is 510 g/mol. The van der Waals surface area contributed by atoms with Crippen LogP contribution in [0, 0.1) is 0 Å². The van der Waals surface area contributed by atoms with Gasteiger partial charge in [0.1, 0.15) is 0 Å². The third kappa shape index (κ3) is 4.20. The van der Waals surface area contributed by atoms with Crippen molar-refractivity contribution in [2.75, 3.05) is 0 Å². The van der Waals surface area contributed by atoms with Gasteiger partial charge in [-0.3, -0.25) is 4.98 Å². The maximum absolute atomic E-state index is 5.19. The first-order valence-corrected chi connectivity index (χ1v) is 14.1. The lowest BCUT2D eigenvalue weighted by Gasteiger charge is -2.13. The Morgan fingerprint density at radius 3 is 1.98 bits per heavy atom. The molecule has 8 rings (SSSR count). The Morgan fingerprint density at radius 2 is 1.12 bits per heavy atom. The fourth-order valence-corrected chi connectivity index (χ4v) is 5.89. The molecule has 0 aliphatic heterocycles. The van der Waals surface area contributed by atoms with Gasteiger partial charge >= 0.3 is 0 Å². The van der Waals surface area contributed by atoms with Crippen LogP contribution in [0.4, 0.5) is 0 Å². The Labute approximate surface area is 243 Å². The standard InChI is InChI=1S/C39H25N3/c1-2-12-32-27(8-1)21-22-34-38(32)33-13-3-4-14-37(33)42-39(34)30-10-5-9-29(24-30)26-17-19-28(20-18-26)35-15-6-16-36(41-35)31-11-7-23-40-25-31/h1-25H. The van der Waals surface area contributed by atoms with E-state index in [1.807, 2.05) is 30.5 Å². The Morgan fingerprint density at radius 1 is 0.405 bits per heavy atom. The Kier molecular flexibility index (Phi) is 5.79. The van der Waals surface area contributed by atoms with E-state index in [9.17, 15) is 0 Å². The second-order valence-electron chi connectivity index (χ2n) is 10.5. The van der Waals surface area contributed by atoms with Crippen molar-refractivity contribution in [3.05, 3.63) is 152 Å². The van der Waals surface area contributed by atoms with Gasteiger partial charge in [0.2, 0.25) is 0 Å². The molecular formula is C39H25N3. The molecule has 0 bridgehead atoms. The van der Waals surface area contributed by atoms with Crippen LogP contribution in [0.5, 0.6) is 0 Å². The molecule has 0 N–H and O–H groups in total. The number of benzene rings is 5. The van der Waals surface area contributed by atoms with Gasteiger partial charge in [0.15, 0.2) is 0 Å². The quantitative estimate of drug-likeness (QED) is 0.211. The minimum atomic E-state index is 0.917. The lowest BCUT2D eigenvalue weighted by molar-refractivity contribution is 1.28. The molecule has 0 saturated carbocycles. The topological polar surface area (TPSA) is 38.7 Å². The summed E-state index contributed by atoms with van der Waals surface area (Å²) in [6.45, 7) is 0. The molecule has 8 aromatic rings. The average molecular weight is 536 g/mol. The molecule has 5 aromatic carbocycles. The Balaban J connectivity index is 1.20. The van der Waals surface area contributed by atoms with Crippen LogP contribution >= 0.6 is 0 Å². The number of aromatic nitrogens is 3. The highest BCUT2D eigenvalue weighted by atomic mass is 14.7. The van der Waals surface area contributed by atoms with Crippen molar-refractivity contribution in [3.8, 4) is 44.9 Å². The number of hydrogen-bond acceptors (Lipinski definition) is 3. The monoisotopic (exact) mass is 535 g/mol. The van der Waals surface area contributed by atoms with E-state index in [0.29, 0.717) is 0 Å². The third-order valence-corrected chi connectivity index (χ3v) is 7.95. The van der Waals surface area contributed by atoms with Gasteiger partial charge in [0.05, 0.1) is 22.6 Å². The first kappa shape index (κ1) is 24.2. The zero-order chi connectivity index (χ0) is 27.9. The zero-order valence-corrected chi connectivity index (χ0v) is 22.8. The zero-order valence-electron chi connectivity index (χ0n) is 22.8. The van der Waals surface area contributed by atoms with Crippen molar-refractivity contribution < 1.29 is 0 Å². The van der Waals surface area contributed by atoms with Crippen molar-refractivity contribution >= 4 is 32.4 Å². The largest absolute Gasteiger partial charge is 0.264 e. The summed E-state index contributed by atoms with van der Waals surface area (Å²) in [7, 11) is 0. The Hall–Kier alpha value is -5.67. The van der Waals surface area contributed by atoms with Gasteiger partial charge in [0.25, 0.3) is 0 Å². The number of para-hydroxylation sites is 1. The van der Waals surface area contributed by atoms with Gasteiger partial charge in [-0.1, -0.05) is 103 Å². The number of fused-ring (bicyclic) bond motifs is 5. The van der Waals surface area contributed by atoms with Crippen LogP contribution in [0.2, 0.25) is 0 Å². The van der Waals surface area contributed by atoms with Crippen LogP contribution in [0.3, 0.4) is 0 Å². The number of nitrogens with zero attached hydrogens (tertiary/aromatic N) is 3. The van der Waals surface area contributed by atoms with E-state index in [2.05, 4.69) is 120 Å². The summed E-state index contributed by atoms with van der Waals surface area (Å²) in [5, 5.41) is 6.09. The van der Waals surface area contributed by atoms with E-state index in [1.165, 1.54) is 26.9 Å². The predicted molar refractivity (Wildman–Crippen MR) is 174 cm³/mol. The van der Waals surface area contributed by atoms with E-state index < -0.39 is 0 Å². The highest BCUT2D eigenvalue weighted by Crippen LogP contribution is 2.38. The highest BCUT2D eigenvalue weighted by molar-refractivity contribution is 6.22. The lowest BCUT2D eigenvalue weighted by atomic mass is 9.94. The number of rotatable bonds is 4. The summed E-state index contributed by atoms with van der Waals surface area (Å²) in [4.78, 5) is 14.3. The molecule has 0 fully saturated rings. The van der Waals surface area contributed by atoms with Gasteiger partial charge < -0.3 is 0 Å². The molecule has 3 heteroatoms. The van der Waals surface area contributed by atoms with E-state index in [0.717, 1.165) is 50.4 Å². The lowest BCUT2D eigenvalue weighted by Crippen LogP contribution is -1.91. The van der Waals surface area contributed by atoms with Crippen LogP contribution in [0.25, 0.3) is 77.3 Å². The summed E-state index contributed by atoms with van der Waals surface area (Å²) in [6.07, 6.45) is 3.62. The van der Waals surface area contributed by atoms with Crippen molar-refractivity contribution in [2.45, 2.75) is 0 Å². The van der Waals surface area contributed by atoms with Crippen LogP contribution in [-0.4, -0.2) is 15.0 Å². The van der Waals surface area contributed by atoms with Crippen molar-refractivity contribution in [2.24, 2.45) is 0 Å². The van der Waals surface area contributed by atoms with Crippen molar-refractivity contribution in [1.29, 1.82) is 0 Å². The number of hydrogen-bond donors (Lipinski definition) is 0. The van der Waals surface area contributed by atoms with Gasteiger partial charge in [-0.05, 0) is 58.3 Å². The molecule has 0 saturated heterocycles. The smallest absolute Gasteiger partial charge is 0.0788 e. The maximum Gasteiger partial charge on any atom is 0.0788 e. The highest BCUT2D eigenvalue weighted by Gasteiger charge is 2.14. The predicted octanol–water partition coefficient (Wildman–Crippen LogP) is 10.00. The van der Waals surface area contributed by atoms with Crippen LogP contribution < -0.4 is 0 Å². The molecule has 0 spiro atoms. The molecule has 196 valence electrons. The molecule has 3 aromatic heterocycles. The molecule has 3 heterocycles. The molecule has 42 heavy (non-hydrogen) atoms. The average Bonchev–Trinajstić information content (AvgIpc) is 3.08. The summed E-state index contributed by atoms with van der Waals surface area (Å²) in [5.74, 6) is 0. The second-order valence-corrected chi connectivity index (χ2v) is 10.5. The van der Waals surface area contributed by atoms with Crippen molar-refractivity contribution in [1.82, 2.24) is 15.0 Å². The molecule has 0 atom stereocenters. The summed E-state index contributed by atoms with van der Waals surface area (Å²) in [5.41, 5.74) is 9.37. The molecule has 0 amide bonds. The molecule has 0 aliphatic rings. The second kappa shape index (κ2) is 10.1. The van der Waals surface area contributed by atoms with E-state index in [1.54, 1.807) is 6.20 Å². The van der Waals surface area contributed by atoms with Crippen LogP contribution in [0.1, 0.15) is 0 Å². The molecule has 0 unspecified atom stereocenters. The summed E-state index contributed by atoms with van der Waals surface area (Å²) >= 11 is 0. The van der Waals surface area contributed by atoms with Gasteiger partial charge in [-0.15, -0.1) is 0 Å². The Bertz CT molecular complexity index is 2220. The van der Waals surface area contributed by atoms with Gasteiger partial charge in [0, 0.05) is 45.2 Å². The summed E-state index contributed by atoms with van der Waals surface area (Å²) < 4.78 is 0. The SMILES string of the molecule is c1cncc(-c2cccc(-c3ccc(-c4cccc(-c5nc6ccccc6c6c5ccc5ccccc56)c4)cc3)n2)c1. The van der Waals surface area contributed by atoms with Crippen molar-refractivity contribution in [3.63, 3.8) is 0 Å². The fraction of sp³-hybridized carbons (Fsp3) is 0. The summed E-state index contributed by atoms with van der Waals surface area (Å²) in [6, 6.07) is 48.9. The van der Waals surface area contributed by atoms with E-state index in [4.69, 9.17) is 9.97 Å². The van der Waals surface area contributed by atoms with Gasteiger partial charge in [-0.2, -0.15) is 0 Å². The van der Waals surface area contributed by atoms with Gasteiger partial charge in [-0.25, -0.2) is 9.97 Å². The van der Waals surface area contributed by atoms with Crippen LogP contribution in [0.15, 0.2) is 152 Å². The minimum absolute atomic E-state index is 0.917. The minimum Gasteiger partial charge on any atom is -0.264 e.